The van der Waals surface area contributed by atoms with Crippen LogP contribution in [0.15, 0.2) is 24.3 Å². The second-order valence-electron chi connectivity index (χ2n) is 4.25. The molecule has 18 heavy (non-hydrogen) atoms. The van der Waals surface area contributed by atoms with Crippen LogP contribution in [0.3, 0.4) is 0 Å². The fourth-order valence-corrected chi connectivity index (χ4v) is 1.94. The van der Waals surface area contributed by atoms with Crippen molar-refractivity contribution >= 4 is 0 Å². The van der Waals surface area contributed by atoms with Crippen molar-refractivity contribution in [2.24, 2.45) is 0 Å². The highest BCUT2D eigenvalue weighted by Crippen LogP contribution is 2.33. The molecule has 1 N–H and O–H groups in total. The molecule has 1 aromatic carbocycles. The first-order valence-electron chi connectivity index (χ1n) is 5.63. The average molecular weight is 263 g/mol. The van der Waals surface area contributed by atoms with Crippen LogP contribution < -0.4 is 5.32 Å². The SMILES string of the molecule is Fc1ccc([C@@H](N[C@@H]2CCOC2)C(F)(F)F)cc1. The second kappa shape index (κ2) is 5.24. The Labute approximate surface area is 102 Å². The van der Waals surface area contributed by atoms with Gasteiger partial charge in [-0.05, 0) is 24.1 Å². The largest absolute Gasteiger partial charge is 0.407 e. The van der Waals surface area contributed by atoms with Crippen molar-refractivity contribution in [3.63, 3.8) is 0 Å². The van der Waals surface area contributed by atoms with Crippen LogP contribution in [0, 0.1) is 5.82 Å². The van der Waals surface area contributed by atoms with Crippen molar-refractivity contribution in [2.75, 3.05) is 13.2 Å². The Hall–Kier alpha value is -1.14. The van der Waals surface area contributed by atoms with E-state index in [1.165, 1.54) is 0 Å². The van der Waals surface area contributed by atoms with Gasteiger partial charge >= 0.3 is 6.18 Å². The normalized spacial score (nSPS) is 22.1. The molecule has 2 nitrogen and oxygen atoms in total. The third-order valence-corrected chi connectivity index (χ3v) is 2.86. The van der Waals surface area contributed by atoms with E-state index in [9.17, 15) is 17.6 Å². The monoisotopic (exact) mass is 263 g/mol. The molecule has 1 aromatic rings. The molecular formula is C12H13F4NO. The van der Waals surface area contributed by atoms with Crippen LogP contribution in [0.2, 0.25) is 0 Å². The highest BCUT2D eigenvalue weighted by Gasteiger charge is 2.42. The third-order valence-electron chi connectivity index (χ3n) is 2.86. The van der Waals surface area contributed by atoms with Gasteiger partial charge < -0.3 is 4.74 Å². The van der Waals surface area contributed by atoms with Gasteiger partial charge in [0.15, 0.2) is 0 Å². The highest BCUT2D eigenvalue weighted by molar-refractivity contribution is 5.21. The van der Waals surface area contributed by atoms with E-state index in [1.54, 1.807) is 0 Å². The van der Waals surface area contributed by atoms with Crippen LogP contribution in [-0.4, -0.2) is 25.4 Å². The minimum atomic E-state index is -4.42. The molecule has 2 atom stereocenters. The van der Waals surface area contributed by atoms with Gasteiger partial charge in [0.1, 0.15) is 11.9 Å². The molecule has 0 spiro atoms. The molecule has 1 heterocycles. The molecule has 1 aliphatic rings. The summed E-state index contributed by atoms with van der Waals surface area (Å²) in [6.07, 6.45) is -3.87. The molecule has 1 aliphatic heterocycles. The summed E-state index contributed by atoms with van der Waals surface area (Å²) in [4.78, 5) is 0. The standard InChI is InChI=1S/C12H13F4NO/c13-9-3-1-8(2-4-9)11(12(14,15)16)17-10-5-6-18-7-10/h1-4,10-11,17H,5-7H2/t10-,11-/m1/s1. The Balaban J connectivity index is 2.16. The number of alkyl halides is 3. The van der Waals surface area contributed by atoms with Crippen LogP contribution in [0.25, 0.3) is 0 Å². The predicted molar refractivity (Wildman–Crippen MR) is 57.6 cm³/mol. The molecule has 0 aromatic heterocycles. The molecule has 1 fully saturated rings. The Morgan fingerprint density at radius 3 is 2.39 bits per heavy atom. The third kappa shape index (κ3) is 3.20. The van der Waals surface area contributed by atoms with E-state index < -0.39 is 18.0 Å². The number of hydrogen-bond donors (Lipinski definition) is 1. The van der Waals surface area contributed by atoms with Gasteiger partial charge in [-0.25, -0.2) is 4.39 Å². The highest BCUT2D eigenvalue weighted by atomic mass is 19.4. The second-order valence-corrected chi connectivity index (χ2v) is 4.25. The van der Waals surface area contributed by atoms with Crippen LogP contribution in [0.4, 0.5) is 17.6 Å². The molecule has 0 amide bonds. The van der Waals surface area contributed by atoms with Crippen molar-refractivity contribution in [3.8, 4) is 0 Å². The van der Waals surface area contributed by atoms with Crippen molar-refractivity contribution in [1.29, 1.82) is 0 Å². The fourth-order valence-electron chi connectivity index (χ4n) is 1.94. The van der Waals surface area contributed by atoms with Gasteiger partial charge in [-0.3, -0.25) is 5.32 Å². The minimum absolute atomic E-state index is 0.0100. The first kappa shape index (κ1) is 13.3. The summed E-state index contributed by atoms with van der Waals surface area (Å²) in [6.45, 7) is 0.736. The van der Waals surface area contributed by atoms with Crippen molar-refractivity contribution in [2.45, 2.75) is 24.7 Å². The molecule has 0 aliphatic carbocycles. The van der Waals surface area contributed by atoms with Gasteiger partial charge in [0.25, 0.3) is 0 Å². The maximum Gasteiger partial charge on any atom is 0.407 e. The van der Waals surface area contributed by atoms with Gasteiger partial charge in [-0.2, -0.15) is 13.2 Å². The number of ether oxygens (including phenoxy) is 1. The Kier molecular flexibility index (Phi) is 3.87. The van der Waals surface area contributed by atoms with Crippen LogP contribution in [0.5, 0.6) is 0 Å². The lowest BCUT2D eigenvalue weighted by Gasteiger charge is -2.25. The van der Waals surface area contributed by atoms with Crippen LogP contribution >= 0.6 is 0 Å². The van der Waals surface area contributed by atoms with Crippen molar-refractivity contribution in [3.05, 3.63) is 35.6 Å². The average Bonchev–Trinajstić information content (AvgIpc) is 2.79. The van der Waals surface area contributed by atoms with Crippen LogP contribution in [0.1, 0.15) is 18.0 Å². The molecular weight excluding hydrogens is 250 g/mol. The van der Waals surface area contributed by atoms with Gasteiger partial charge in [0, 0.05) is 12.6 Å². The topological polar surface area (TPSA) is 21.3 Å². The number of nitrogens with one attached hydrogen (secondary N) is 1. The number of halogens is 4. The molecule has 0 radical (unpaired) electrons. The van der Waals surface area contributed by atoms with E-state index in [1.807, 2.05) is 0 Å². The van der Waals surface area contributed by atoms with E-state index >= 15 is 0 Å². The van der Waals surface area contributed by atoms with E-state index in [0.717, 1.165) is 24.3 Å². The van der Waals surface area contributed by atoms with Crippen molar-refractivity contribution < 1.29 is 22.3 Å². The van der Waals surface area contributed by atoms with E-state index in [-0.39, 0.29) is 18.2 Å². The van der Waals surface area contributed by atoms with Gasteiger partial charge in [-0.15, -0.1) is 0 Å². The Morgan fingerprint density at radius 1 is 1.22 bits per heavy atom. The molecule has 100 valence electrons. The Morgan fingerprint density at radius 2 is 1.89 bits per heavy atom. The zero-order chi connectivity index (χ0) is 13.2. The summed E-state index contributed by atoms with van der Waals surface area (Å²) in [6, 6.07) is 2.25. The summed E-state index contributed by atoms with van der Waals surface area (Å²) < 4.78 is 56.7. The predicted octanol–water partition coefficient (Wildman–Crippen LogP) is 2.81. The number of rotatable bonds is 3. The van der Waals surface area contributed by atoms with Gasteiger partial charge in [-0.1, -0.05) is 12.1 Å². The minimum Gasteiger partial charge on any atom is -0.380 e. The van der Waals surface area contributed by atoms with Crippen LogP contribution in [-0.2, 0) is 4.74 Å². The summed E-state index contributed by atoms with van der Waals surface area (Å²) in [5.41, 5.74) is 0.0100. The first-order valence-corrected chi connectivity index (χ1v) is 5.63. The lowest BCUT2D eigenvalue weighted by molar-refractivity contribution is -0.159. The van der Waals surface area contributed by atoms with Crippen molar-refractivity contribution in [1.82, 2.24) is 5.32 Å². The van der Waals surface area contributed by atoms with Gasteiger partial charge in [0.2, 0.25) is 0 Å². The zero-order valence-corrected chi connectivity index (χ0v) is 9.51. The maximum atomic E-state index is 13.0. The number of hydrogen-bond acceptors (Lipinski definition) is 2. The van der Waals surface area contributed by atoms with Gasteiger partial charge in [0.05, 0.1) is 6.61 Å². The fraction of sp³-hybridized carbons (Fsp3) is 0.500. The smallest absolute Gasteiger partial charge is 0.380 e. The van der Waals surface area contributed by atoms with E-state index in [4.69, 9.17) is 4.74 Å². The molecule has 0 saturated carbocycles. The summed E-state index contributed by atoms with van der Waals surface area (Å²) in [7, 11) is 0. The quantitative estimate of drug-likeness (QED) is 0.847. The maximum absolute atomic E-state index is 13.0. The summed E-state index contributed by atoms with van der Waals surface area (Å²) >= 11 is 0. The van der Waals surface area contributed by atoms with E-state index in [0.29, 0.717) is 13.0 Å². The molecule has 2 rings (SSSR count). The molecule has 6 heteroatoms. The molecule has 1 saturated heterocycles. The summed E-state index contributed by atoms with van der Waals surface area (Å²) in [5.74, 6) is -0.552. The lowest BCUT2D eigenvalue weighted by Crippen LogP contribution is -2.41. The summed E-state index contributed by atoms with van der Waals surface area (Å²) in [5, 5.41) is 2.52. The first-order chi connectivity index (χ1) is 8.47. The van der Waals surface area contributed by atoms with E-state index in [2.05, 4.69) is 5.32 Å². The number of benzene rings is 1. The lowest BCUT2D eigenvalue weighted by atomic mass is 10.0. The molecule has 0 bridgehead atoms. The molecule has 0 unspecified atom stereocenters. The zero-order valence-electron chi connectivity index (χ0n) is 9.51. The Bertz CT molecular complexity index is 384.